The lowest BCUT2D eigenvalue weighted by Gasteiger charge is -2.28. The quantitative estimate of drug-likeness (QED) is 0.920. The van der Waals surface area contributed by atoms with Crippen LogP contribution in [0.25, 0.3) is 11.0 Å². The van der Waals surface area contributed by atoms with E-state index in [0.29, 0.717) is 5.02 Å². The summed E-state index contributed by atoms with van der Waals surface area (Å²) >= 11 is 6.24. The number of nitrogens with zero attached hydrogens (tertiary/aromatic N) is 2. The van der Waals surface area contributed by atoms with Gasteiger partial charge in [0.1, 0.15) is 5.82 Å². The zero-order valence-electron chi connectivity index (χ0n) is 11.3. The van der Waals surface area contributed by atoms with Gasteiger partial charge in [0, 0.05) is 13.0 Å². The van der Waals surface area contributed by atoms with Crippen molar-refractivity contribution < 1.29 is 9.90 Å². The summed E-state index contributed by atoms with van der Waals surface area (Å²) in [6, 6.07) is 5.63. The summed E-state index contributed by atoms with van der Waals surface area (Å²) in [5.74, 6) is -0.221. The van der Waals surface area contributed by atoms with Gasteiger partial charge in [-0.25, -0.2) is 4.98 Å². The molecule has 3 rings (SSSR count). The predicted molar refractivity (Wildman–Crippen MR) is 78.1 cm³/mol. The molecule has 1 fully saturated rings. The molecule has 0 spiro atoms. The van der Waals surface area contributed by atoms with E-state index in [0.717, 1.165) is 42.5 Å². The Morgan fingerprint density at radius 1 is 1.40 bits per heavy atom. The molecule has 0 amide bonds. The zero-order valence-corrected chi connectivity index (χ0v) is 12.1. The number of aryl methyl sites for hydroxylation is 1. The molecule has 2 unspecified atom stereocenters. The monoisotopic (exact) mass is 292 g/mol. The maximum absolute atomic E-state index is 11.5. The van der Waals surface area contributed by atoms with Crippen LogP contribution in [0, 0.1) is 5.92 Å². The highest BCUT2D eigenvalue weighted by Gasteiger charge is 2.34. The molecule has 1 N–H and O–H groups in total. The van der Waals surface area contributed by atoms with E-state index in [4.69, 9.17) is 11.6 Å². The summed E-state index contributed by atoms with van der Waals surface area (Å²) in [6.07, 6.45) is 3.66. The molecule has 1 aromatic heterocycles. The Bertz CT molecular complexity index is 665. The van der Waals surface area contributed by atoms with Crippen molar-refractivity contribution in [1.29, 1.82) is 0 Å². The second-order valence-electron chi connectivity index (χ2n) is 5.47. The normalized spacial score (nSPS) is 23.1. The Kier molecular flexibility index (Phi) is 3.42. The van der Waals surface area contributed by atoms with Crippen molar-refractivity contribution in [2.75, 3.05) is 0 Å². The minimum Gasteiger partial charge on any atom is -0.481 e. The third kappa shape index (κ3) is 2.08. The van der Waals surface area contributed by atoms with Gasteiger partial charge in [-0.15, -0.1) is 0 Å². The molecule has 0 radical (unpaired) electrons. The average Bonchev–Trinajstić information content (AvgIpc) is 2.77. The van der Waals surface area contributed by atoms with E-state index < -0.39 is 5.97 Å². The third-order valence-electron chi connectivity index (χ3n) is 4.29. The van der Waals surface area contributed by atoms with Gasteiger partial charge < -0.3 is 9.67 Å². The van der Waals surface area contributed by atoms with Crippen molar-refractivity contribution >= 4 is 28.6 Å². The second kappa shape index (κ2) is 5.09. The molecule has 1 aromatic carbocycles. The molecule has 20 heavy (non-hydrogen) atoms. The van der Waals surface area contributed by atoms with Gasteiger partial charge in [-0.3, -0.25) is 4.79 Å². The van der Waals surface area contributed by atoms with E-state index in [-0.39, 0.29) is 11.8 Å². The molecule has 5 heteroatoms. The molecule has 106 valence electrons. The number of hydrogen-bond acceptors (Lipinski definition) is 2. The zero-order chi connectivity index (χ0) is 14.3. The fraction of sp³-hybridized carbons (Fsp3) is 0.467. The summed E-state index contributed by atoms with van der Waals surface area (Å²) in [5.41, 5.74) is 1.73. The number of carbonyl (C=O) groups is 1. The third-order valence-corrected chi connectivity index (χ3v) is 4.60. The van der Waals surface area contributed by atoms with Crippen LogP contribution in [0.4, 0.5) is 0 Å². The van der Waals surface area contributed by atoms with Crippen LogP contribution in [-0.4, -0.2) is 20.6 Å². The molecular weight excluding hydrogens is 276 g/mol. The fourth-order valence-corrected chi connectivity index (χ4v) is 3.60. The molecule has 1 heterocycles. The SMILES string of the molecule is Cn1c(C2CCCCC2C(=O)O)nc2cccc(Cl)c21. The van der Waals surface area contributed by atoms with Crippen LogP contribution >= 0.6 is 11.6 Å². The van der Waals surface area contributed by atoms with Crippen molar-refractivity contribution in [3.63, 3.8) is 0 Å². The Hall–Kier alpha value is -1.55. The first-order valence-corrected chi connectivity index (χ1v) is 7.31. The molecule has 0 saturated heterocycles. The van der Waals surface area contributed by atoms with E-state index >= 15 is 0 Å². The van der Waals surface area contributed by atoms with Gasteiger partial charge in [0.05, 0.1) is 22.0 Å². The van der Waals surface area contributed by atoms with Crippen molar-refractivity contribution in [1.82, 2.24) is 9.55 Å². The van der Waals surface area contributed by atoms with Crippen molar-refractivity contribution in [3.05, 3.63) is 29.0 Å². The van der Waals surface area contributed by atoms with E-state index in [1.807, 2.05) is 29.8 Å². The van der Waals surface area contributed by atoms with Crippen LogP contribution < -0.4 is 0 Å². The van der Waals surface area contributed by atoms with Gasteiger partial charge in [0.2, 0.25) is 0 Å². The van der Waals surface area contributed by atoms with Crippen LogP contribution in [-0.2, 0) is 11.8 Å². The minimum atomic E-state index is -0.715. The number of rotatable bonds is 2. The summed E-state index contributed by atoms with van der Waals surface area (Å²) in [4.78, 5) is 16.1. The largest absolute Gasteiger partial charge is 0.481 e. The summed E-state index contributed by atoms with van der Waals surface area (Å²) in [5, 5.41) is 10.1. The number of halogens is 1. The van der Waals surface area contributed by atoms with Crippen molar-refractivity contribution in [2.24, 2.45) is 13.0 Å². The molecule has 2 aromatic rings. The number of imidazole rings is 1. The lowest BCUT2D eigenvalue weighted by Crippen LogP contribution is -2.27. The number of aromatic nitrogens is 2. The highest BCUT2D eigenvalue weighted by molar-refractivity contribution is 6.35. The molecule has 1 aliphatic carbocycles. The second-order valence-corrected chi connectivity index (χ2v) is 5.88. The number of aliphatic carboxylic acids is 1. The van der Waals surface area contributed by atoms with E-state index in [1.54, 1.807) is 0 Å². The first-order chi connectivity index (χ1) is 9.59. The van der Waals surface area contributed by atoms with E-state index in [2.05, 4.69) is 4.98 Å². The topological polar surface area (TPSA) is 55.1 Å². The Morgan fingerprint density at radius 3 is 2.85 bits per heavy atom. The highest BCUT2D eigenvalue weighted by atomic mass is 35.5. The Morgan fingerprint density at radius 2 is 2.15 bits per heavy atom. The molecule has 1 aliphatic rings. The lowest BCUT2D eigenvalue weighted by atomic mass is 9.79. The van der Waals surface area contributed by atoms with Crippen LogP contribution in [0.15, 0.2) is 18.2 Å². The molecule has 1 saturated carbocycles. The number of para-hydroxylation sites is 1. The maximum atomic E-state index is 11.5. The number of hydrogen-bond donors (Lipinski definition) is 1. The lowest BCUT2D eigenvalue weighted by molar-refractivity contribution is -0.143. The summed E-state index contributed by atoms with van der Waals surface area (Å²) in [6.45, 7) is 0. The van der Waals surface area contributed by atoms with Gasteiger partial charge in [-0.05, 0) is 25.0 Å². The molecular formula is C15H17ClN2O2. The van der Waals surface area contributed by atoms with Crippen LogP contribution in [0.3, 0.4) is 0 Å². The van der Waals surface area contributed by atoms with Gasteiger partial charge >= 0.3 is 5.97 Å². The number of benzene rings is 1. The minimum absolute atomic E-state index is 0.0188. The van der Waals surface area contributed by atoms with E-state index in [9.17, 15) is 9.90 Å². The van der Waals surface area contributed by atoms with Crippen molar-refractivity contribution in [3.8, 4) is 0 Å². The fourth-order valence-electron chi connectivity index (χ4n) is 3.31. The van der Waals surface area contributed by atoms with Gasteiger partial charge in [-0.2, -0.15) is 0 Å². The standard InChI is InChI=1S/C15H17ClN2O2/c1-18-13-11(16)7-4-8-12(13)17-14(18)9-5-2-3-6-10(9)15(19)20/h4,7-10H,2-3,5-6H2,1H3,(H,19,20). The Labute approximate surface area is 122 Å². The summed E-state index contributed by atoms with van der Waals surface area (Å²) < 4.78 is 1.96. The number of fused-ring (bicyclic) bond motifs is 1. The molecule has 0 bridgehead atoms. The highest BCUT2D eigenvalue weighted by Crippen LogP contribution is 2.39. The van der Waals surface area contributed by atoms with Gasteiger partial charge in [0.15, 0.2) is 0 Å². The van der Waals surface area contributed by atoms with Crippen LogP contribution in [0.5, 0.6) is 0 Å². The first kappa shape index (κ1) is 13.4. The number of carboxylic acid groups (broad SMARTS) is 1. The van der Waals surface area contributed by atoms with Crippen molar-refractivity contribution in [2.45, 2.75) is 31.6 Å². The first-order valence-electron chi connectivity index (χ1n) is 6.93. The average molecular weight is 293 g/mol. The molecule has 2 atom stereocenters. The smallest absolute Gasteiger partial charge is 0.307 e. The number of carboxylic acids is 1. The maximum Gasteiger partial charge on any atom is 0.307 e. The van der Waals surface area contributed by atoms with Crippen LogP contribution in [0.1, 0.15) is 37.4 Å². The van der Waals surface area contributed by atoms with Crippen LogP contribution in [0.2, 0.25) is 5.02 Å². The molecule has 4 nitrogen and oxygen atoms in total. The predicted octanol–water partition coefficient (Wildman–Crippen LogP) is 3.59. The van der Waals surface area contributed by atoms with Gasteiger partial charge in [-0.1, -0.05) is 30.5 Å². The summed E-state index contributed by atoms with van der Waals surface area (Å²) in [7, 11) is 1.92. The molecule has 0 aliphatic heterocycles. The van der Waals surface area contributed by atoms with Gasteiger partial charge in [0.25, 0.3) is 0 Å². The Balaban J connectivity index is 2.11. The van der Waals surface area contributed by atoms with E-state index in [1.165, 1.54) is 0 Å².